The summed E-state index contributed by atoms with van der Waals surface area (Å²) in [4.78, 5) is 4.59. The molecule has 2 aliphatic rings. The van der Waals surface area contributed by atoms with Crippen molar-refractivity contribution in [1.82, 2.24) is 0 Å². The van der Waals surface area contributed by atoms with Gasteiger partial charge in [-0.15, -0.1) is 0 Å². The van der Waals surface area contributed by atoms with Crippen molar-refractivity contribution < 1.29 is 32.2 Å². The molecule has 3 heterocycles. The van der Waals surface area contributed by atoms with Gasteiger partial charge in [0.25, 0.3) is 0 Å². The predicted octanol–water partition coefficient (Wildman–Crippen LogP) is 11.2. The fourth-order valence-electron chi connectivity index (χ4n) is 7.49. The Balaban J connectivity index is 1.49. The normalized spacial score (nSPS) is 18.6. The molecule has 1 fully saturated rings. The van der Waals surface area contributed by atoms with Gasteiger partial charge in [0.1, 0.15) is 0 Å². The molecule has 1 aliphatic carbocycles. The van der Waals surface area contributed by atoms with Crippen molar-refractivity contribution >= 4 is 51.9 Å². The number of hydrogen-bond donors (Lipinski definition) is 0. The van der Waals surface area contributed by atoms with Gasteiger partial charge in [0, 0.05) is 0 Å². The zero-order valence-electron chi connectivity index (χ0n) is 32.7. The molecule has 0 radical (unpaired) electrons. The molecule has 7 rings (SSSR count). The van der Waals surface area contributed by atoms with Crippen LogP contribution < -0.4 is 15.9 Å². The van der Waals surface area contributed by atoms with Crippen LogP contribution >= 0.6 is 29.9 Å². The molecule has 2 atom stereocenters. The second-order valence-electron chi connectivity index (χ2n) is 14.3. The predicted molar refractivity (Wildman–Crippen MR) is 235 cm³/mol. The van der Waals surface area contributed by atoms with Crippen molar-refractivity contribution in [3.05, 3.63) is 174 Å². The van der Waals surface area contributed by atoms with E-state index < -0.39 is 7.26 Å². The molecule has 3 nitrogen and oxygen atoms in total. The third-order valence-corrected chi connectivity index (χ3v) is 17.5. The van der Waals surface area contributed by atoms with E-state index in [4.69, 9.17) is 14.2 Å². The average molecular weight is 969 g/mol. The summed E-state index contributed by atoms with van der Waals surface area (Å²) in [5.74, 6) is 7.51. The second-order valence-corrected chi connectivity index (χ2v) is 20.5. The number of allylic oxidation sites excluding steroid dienone is 5. The van der Waals surface area contributed by atoms with Crippen LogP contribution in [0, 0.1) is 16.2 Å². The first-order valence-corrected chi connectivity index (χ1v) is 23.8. The van der Waals surface area contributed by atoms with Gasteiger partial charge < -0.3 is 0 Å². The van der Waals surface area contributed by atoms with Gasteiger partial charge in [0.05, 0.1) is 0 Å². The first kappa shape index (κ1) is 40.5. The molecule has 7 heteroatoms. The van der Waals surface area contributed by atoms with Gasteiger partial charge in [-0.2, -0.15) is 0 Å². The van der Waals surface area contributed by atoms with Gasteiger partial charge in [0.15, 0.2) is 0 Å². The van der Waals surface area contributed by atoms with Crippen LogP contribution in [0.5, 0.6) is 0 Å². The first-order valence-electron chi connectivity index (χ1n) is 19.1. The maximum atomic E-state index is 6.73. The van der Waals surface area contributed by atoms with E-state index in [2.05, 4.69) is 185 Å². The van der Waals surface area contributed by atoms with Crippen LogP contribution in [0.1, 0.15) is 84.4 Å². The summed E-state index contributed by atoms with van der Waals surface area (Å²) in [5, 5.41) is 4.89. The van der Waals surface area contributed by atoms with Crippen molar-refractivity contribution in [2.45, 2.75) is 66.0 Å². The molecule has 2 aromatic heterocycles. The van der Waals surface area contributed by atoms with Crippen LogP contribution in [0.2, 0.25) is 0 Å². The van der Waals surface area contributed by atoms with Crippen molar-refractivity contribution in [1.29, 1.82) is 0 Å². The fourth-order valence-corrected chi connectivity index (χ4v) is 15.5. The molecule has 1 aliphatic heterocycles. The van der Waals surface area contributed by atoms with E-state index in [1.807, 2.05) is 0 Å². The minimum atomic E-state index is -2.50. The molecule has 5 aromatic rings. The summed E-state index contributed by atoms with van der Waals surface area (Å²) in [7, 11) is -2.50. The quantitative estimate of drug-likeness (QED) is 0.103. The number of fused-ring (bicyclic) bond motifs is 2. The molecular formula is C49H47O3OsPS2+. The topological polar surface area (TPSA) is 27.7 Å². The summed E-state index contributed by atoms with van der Waals surface area (Å²) in [6.07, 6.45) is 8.43. The Kier molecular flexibility index (Phi) is 13.2. The van der Waals surface area contributed by atoms with Crippen molar-refractivity contribution in [3.8, 4) is 16.2 Å². The molecule has 0 amide bonds. The van der Waals surface area contributed by atoms with Crippen molar-refractivity contribution in [2.24, 2.45) is 0 Å². The third kappa shape index (κ3) is 8.18. The minimum absolute atomic E-state index is 0.0469. The van der Waals surface area contributed by atoms with Gasteiger partial charge >= 0.3 is 334 Å². The van der Waals surface area contributed by atoms with E-state index >= 15 is 0 Å². The zero-order chi connectivity index (χ0) is 39.2. The average Bonchev–Trinajstić information content (AvgIpc) is 3.97. The maximum absolute atomic E-state index is 6.73. The summed E-state index contributed by atoms with van der Waals surface area (Å²) >= 11 is 5.31. The van der Waals surface area contributed by atoms with Crippen molar-refractivity contribution in [2.75, 3.05) is 13.2 Å². The second kappa shape index (κ2) is 18.3. The molecule has 0 spiro atoms. The Bertz CT molecular complexity index is 2250. The fraction of sp³-hybridized carbons (Fsp3) is 0.245. The SMILES string of the molecule is CC=C1COCC1=CC(C#Cc1cc2c(s1)C(OC(C)C)c1cc(/C=C/C)sc1C2OC(C)C)=C([C]#[Os])[P+](c1ccccc1)(c1ccccc1)c1ccccc1. The molecule has 0 N–H and O–H groups in total. The van der Waals surface area contributed by atoms with Gasteiger partial charge in [-0.3, -0.25) is 0 Å². The van der Waals surface area contributed by atoms with Crippen LogP contribution in [0.4, 0.5) is 0 Å². The number of thiophene rings is 2. The third-order valence-electron chi connectivity index (χ3n) is 9.81. The Morgan fingerprint density at radius 3 is 1.77 bits per heavy atom. The van der Waals surface area contributed by atoms with Crippen LogP contribution in [-0.4, -0.2) is 25.4 Å². The van der Waals surface area contributed by atoms with Gasteiger partial charge in [-0.05, 0) is 13.0 Å². The summed E-state index contributed by atoms with van der Waals surface area (Å²) in [5.41, 5.74) is 5.66. The molecular weight excluding hydrogens is 922 g/mol. The number of ether oxygens (including phenoxy) is 3. The van der Waals surface area contributed by atoms with Gasteiger partial charge in [0.2, 0.25) is 0 Å². The number of benzene rings is 3. The van der Waals surface area contributed by atoms with Gasteiger partial charge in [-0.1, -0.05) is 6.08 Å². The summed E-state index contributed by atoms with van der Waals surface area (Å²) in [6, 6.07) is 37.4. The van der Waals surface area contributed by atoms with E-state index in [0.29, 0.717) is 13.2 Å². The Morgan fingerprint density at radius 2 is 1.27 bits per heavy atom. The van der Waals surface area contributed by atoms with E-state index in [0.717, 1.165) is 26.9 Å². The Morgan fingerprint density at radius 1 is 0.750 bits per heavy atom. The Hall–Kier alpha value is -3.69. The summed E-state index contributed by atoms with van der Waals surface area (Å²) in [6.45, 7) is 13.7. The van der Waals surface area contributed by atoms with Gasteiger partial charge in [-0.25, -0.2) is 0 Å². The molecule has 2 unspecified atom stereocenters. The van der Waals surface area contributed by atoms with Crippen LogP contribution in [-0.2, 0) is 32.2 Å². The Labute approximate surface area is 351 Å². The molecule has 1 saturated heterocycles. The standard InChI is InChI=1S/C49H47O3PS2.Os/c1-8-19-42-29-44-46(51-33(3)4)49-45(47(48(44)54-42)52-34(5)6)30-43(55-49)27-26-37(28-38-32-50-31-36(38)9-2)35(7)53(39-20-13-10-14-21-39,40-22-15-11-16-23-40)41-24-17-12-18-25-41;/h8-25,28-30,33-34,46-47H,31-32H2,1-6H3;/q+1;/b19-8+,36-9?,37-35?,38-28?;. The number of rotatable bonds is 10. The molecule has 0 bridgehead atoms. The molecule has 285 valence electrons. The summed E-state index contributed by atoms with van der Waals surface area (Å²) < 4.78 is 23.3. The molecule has 56 heavy (non-hydrogen) atoms. The van der Waals surface area contributed by atoms with Crippen LogP contribution in [0.15, 0.2) is 143 Å². The monoisotopic (exact) mass is 970 g/mol. The van der Waals surface area contributed by atoms with Crippen LogP contribution in [0.3, 0.4) is 0 Å². The van der Waals surface area contributed by atoms with E-state index in [-0.39, 0.29) is 24.4 Å². The van der Waals surface area contributed by atoms with Crippen molar-refractivity contribution in [3.63, 3.8) is 0 Å². The first-order chi connectivity index (χ1) is 27.3. The number of hydrogen-bond acceptors (Lipinski definition) is 5. The molecule has 0 saturated carbocycles. The zero-order valence-corrected chi connectivity index (χ0v) is 37.8. The van der Waals surface area contributed by atoms with Crippen LogP contribution in [0.25, 0.3) is 6.08 Å². The van der Waals surface area contributed by atoms with E-state index in [1.54, 1.807) is 40.6 Å². The molecule has 3 aromatic carbocycles. The van der Waals surface area contributed by atoms with E-state index in [1.165, 1.54) is 41.7 Å². The van der Waals surface area contributed by atoms with E-state index in [9.17, 15) is 0 Å².